The van der Waals surface area contributed by atoms with E-state index in [1.165, 1.54) is 12.5 Å². The molecule has 0 radical (unpaired) electrons. The van der Waals surface area contributed by atoms with Crippen molar-refractivity contribution < 1.29 is 4.39 Å². The van der Waals surface area contributed by atoms with Crippen LogP contribution in [0.4, 0.5) is 4.39 Å². The summed E-state index contributed by atoms with van der Waals surface area (Å²) in [6.07, 6.45) is 1.21. The van der Waals surface area contributed by atoms with Gasteiger partial charge in [0.1, 0.15) is 5.82 Å². The first kappa shape index (κ1) is 15.9. The highest BCUT2D eigenvalue weighted by molar-refractivity contribution is 9.10. The van der Waals surface area contributed by atoms with Gasteiger partial charge in [-0.15, -0.1) is 0 Å². The number of nitrogens with two attached hydrogens (primary N) is 1. The van der Waals surface area contributed by atoms with E-state index in [-0.39, 0.29) is 11.9 Å². The van der Waals surface area contributed by atoms with Crippen LogP contribution in [0.3, 0.4) is 0 Å². The first-order valence-corrected chi connectivity index (χ1v) is 8.01. The topological polar surface area (TPSA) is 29.3 Å². The Morgan fingerprint density at radius 3 is 2.65 bits per heavy atom. The van der Waals surface area contributed by atoms with Crippen molar-refractivity contribution in [2.75, 3.05) is 19.6 Å². The lowest BCUT2D eigenvalue weighted by Crippen LogP contribution is -2.33. The zero-order valence-corrected chi connectivity index (χ0v) is 14.1. The molecule has 0 aliphatic carbocycles. The second-order valence-electron chi connectivity index (χ2n) is 6.77. The predicted molar refractivity (Wildman–Crippen MR) is 85.0 cm³/mol. The quantitative estimate of drug-likeness (QED) is 0.900. The average Bonchev–Trinajstić information content (AvgIpc) is 2.84. The zero-order chi connectivity index (χ0) is 14.9. The molecule has 0 amide bonds. The average molecular weight is 343 g/mol. The van der Waals surface area contributed by atoms with Gasteiger partial charge < -0.3 is 5.73 Å². The predicted octanol–water partition coefficient (Wildman–Crippen LogP) is 3.96. The number of hydrogen-bond donors (Lipinski definition) is 1. The van der Waals surface area contributed by atoms with E-state index in [0.717, 1.165) is 18.7 Å². The Kier molecular flexibility index (Phi) is 4.88. The molecule has 2 atom stereocenters. The molecule has 1 heterocycles. The molecule has 0 saturated carbocycles. The standard InChI is InChI=1S/C16H24BrFN2/c1-16(2,3)12-6-7-20(10-12)15(9-19)11-4-5-14(18)13(17)8-11/h4-5,8,12,15H,6-7,9-10,19H2,1-3H3. The van der Waals surface area contributed by atoms with Gasteiger partial charge in [0.15, 0.2) is 0 Å². The van der Waals surface area contributed by atoms with Crippen molar-refractivity contribution in [1.82, 2.24) is 4.90 Å². The second kappa shape index (κ2) is 6.12. The summed E-state index contributed by atoms with van der Waals surface area (Å²) < 4.78 is 13.9. The summed E-state index contributed by atoms with van der Waals surface area (Å²) in [4.78, 5) is 2.44. The fourth-order valence-electron chi connectivity index (χ4n) is 2.99. The van der Waals surface area contributed by atoms with E-state index < -0.39 is 0 Å². The molecule has 1 aromatic rings. The molecule has 2 N–H and O–H groups in total. The van der Waals surface area contributed by atoms with Gasteiger partial charge in [-0.05, 0) is 57.9 Å². The highest BCUT2D eigenvalue weighted by atomic mass is 79.9. The molecule has 1 aliphatic heterocycles. The summed E-state index contributed by atoms with van der Waals surface area (Å²) in [7, 11) is 0. The van der Waals surface area contributed by atoms with Crippen LogP contribution in [0.2, 0.25) is 0 Å². The maximum atomic E-state index is 13.4. The van der Waals surface area contributed by atoms with Gasteiger partial charge in [0.25, 0.3) is 0 Å². The van der Waals surface area contributed by atoms with Gasteiger partial charge >= 0.3 is 0 Å². The molecule has 0 aromatic heterocycles. The Balaban J connectivity index is 2.15. The number of likely N-dealkylation sites (tertiary alicyclic amines) is 1. The van der Waals surface area contributed by atoms with Crippen molar-refractivity contribution in [1.29, 1.82) is 0 Å². The monoisotopic (exact) mass is 342 g/mol. The summed E-state index contributed by atoms with van der Waals surface area (Å²) in [6.45, 7) is 9.60. The van der Waals surface area contributed by atoms with Crippen LogP contribution in [0.5, 0.6) is 0 Å². The number of hydrogen-bond acceptors (Lipinski definition) is 2. The molecule has 2 rings (SSSR count). The van der Waals surface area contributed by atoms with Crippen molar-refractivity contribution in [2.24, 2.45) is 17.1 Å². The van der Waals surface area contributed by atoms with Crippen molar-refractivity contribution in [3.8, 4) is 0 Å². The maximum absolute atomic E-state index is 13.4. The Morgan fingerprint density at radius 1 is 1.45 bits per heavy atom. The summed E-state index contributed by atoms with van der Waals surface area (Å²) >= 11 is 3.26. The van der Waals surface area contributed by atoms with E-state index in [0.29, 0.717) is 22.4 Å². The Bertz CT molecular complexity index is 470. The lowest BCUT2D eigenvalue weighted by molar-refractivity contribution is 0.197. The highest BCUT2D eigenvalue weighted by Crippen LogP contribution is 2.37. The molecule has 4 heteroatoms. The Morgan fingerprint density at radius 2 is 2.15 bits per heavy atom. The van der Waals surface area contributed by atoms with Crippen molar-refractivity contribution in [3.63, 3.8) is 0 Å². The summed E-state index contributed by atoms with van der Waals surface area (Å²) in [5, 5.41) is 0. The first-order chi connectivity index (χ1) is 9.32. The number of halogens is 2. The Labute approximate surface area is 129 Å². The molecule has 0 bridgehead atoms. The van der Waals surface area contributed by atoms with Crippen molar-refractivity contribution in [2.45, 2.75) is 33.2 Å². The lowest BCUT2D eigenvalue weighted by Gasteiger charge is -2.30. The van der Waals surface area contributed by atoms with Gasteiger partial charge in [-0.1, -0.05) is 26.8 Å². The van der Waals surface area contributed by atoms with Crippen LogP contribution < -0.4 is 5.73 Å². The minimum absolute atomic E-state index is 0.180. The number of rotatable bonds is 3. The number of nitrogens with zero attached hydrogens (tertiary/aromatic N) is 1. The molecule has 112 valence electrons. The third-order valence-electron chi connectivity index (χ3n) is 4.44. The molecule has 20 heavy (non-hydrogen) atoms. The van der Waals surface area contributed by atoms with Crippen LogP contribution in [0.15, 0.2) is 22.7 Å². The smallest absolute Gasteiger partial charge is 0.137 e. The Hall–Kier alpha value is -0.450. The van der Waals surface area contributed by atoms with E-state index in [4.69, 9.17) is 5.73 Å². The molecule has 2 unspecified atom stereocenters. The zero-order valence-electron chi connectivity index (χ0n) is 12.5. The fourth-order valence-corrected chi connectivity index (χ4v) is 3.39. The van der Waals surface area contributed by atoms with Crippen LogP contribution in [-0.2, 0) is 0 Å². The van der Waals surface area contributed by atoms with Crippen LogP contribution in [0.1, 0.15) is 38.8 Å². The summed E-state index contributed by atoms with van der Waals surface area (Å²) in [5.74, 6) is 0.471. The van der Waals surface area contributed by atoms with Gasteiger partial charge in [0.05, 0.1) is 4.47 Å². The van der Waals surface area contributed by atoms with Crippen LogP contribution >= 0.6 is 15.9 Å². The lowest BCUT2D eigenvalue weighted by atomic mass is 9.80. The molecule has 1 aromatic carbocycles. The van der Waals surface area contributed by atoms with Gasteiger partial charge in [0.2, 0.25) is 0 Å². The van der Waals surface area contributed by atoms with E-state index in [1.807, 2.05) is 12.1 Å². The highest BCUT2D eigenvalue weighted by Gasteiger charge is 2.34. The van der Waals surface area contributed by atoms with Gasteiger partial charge in [-0.2, -0.15) is 0 Å². The van der Waals surface area contributed by atoms with Crippen LogP contribution in [0.25, 0.3) is 0 Å². The minimum atomic E-state index is -0.224. The molecule has 1 fully saturated rings. The minimum Gasteiger partial charge on any atom is -0.329 e. The largest absolute Gasteiger partial charge is 0.329 e. The molecular weight excluding hydrogens is 319 g/mol. The molecule has 1 saturated heterocycles. The van der Waals surface area contributed by atoms with Crippen LogP contribution in [0, 0.1) is 17.2 Å². The summed E-state index contributed by atoms with van der Waals surface area (Å²) in [5.41, 5.74) is 7.40. The van der Waals surface area contributed by atoms with Crippen molar-refractivity contribution >= 4 is 15.9 Å². The number of benzene rings is 1. The summed E-state index contributed by atoms with van der Waals surface area (Å²) in [6, 6.07) is 5.40. The molecule has 1 aliphatic rings. The third kappa shape index (κ3) is 3.41. The van der Waals surface area contributed by atoms with Crippen molar-refractivity contribution in [3.05, 3.63) is 34.1 Å². The SMILES string of the molecule is CC(C)(C)C1CCN(C(CN)c2ccc(F)c(Br)c2)C1. The third-order valence-corrected chi connectivity index (χ3v) is 5.04. The normalized spacial score (nSPS) is 22.2. The second-order valence-corrected chi connectivity index (χ2v) is 7.63. The first-order valence-electron chi connectivity index (χ1n) is 7.22. The maximum Gasteiger partial charge on any atom is 0.137 e. The molecule has 2 nitrogen and oxygen atoms in total. The van der Waals surface area contributed by atoms with E-state index in [1.54, 1.807) is 0 Å². The molecular formula is C16H24BrFN2. The van der Waals surface area contributed by atoms with Gasteiger partial charge in [-0.3, -0.25) is 4.90 Å². The van der Waals surface area contributed by atoms with E-state index in [2.05, 4.69) is 41.6 Å². The van der Waals surface area contributed by atoms with E-state index in [9.17, 15) is 4.39 Å². The van der Waals surface area contributed by atoms with Crippen LogP contribution in [-0.4, -0.2) is 24.5 Å². The molecule has 0 spiro atoms. The fraction of sp³-hybridized carbons (Fsp3) is 0.625. The van der Waals surface area contributed by atoms with E-state index >= 15 is 0 Å². The van der Waals surface area contributed by atoms with Gasteiger partial charge in [-0.25, -0.2) is 4.39 Å². The van der Waals surface area contributed by atoms with Gasteiger partial charge in [0, 0.05) is 19.1 Å².